The van der Waals surface area contributed by atoms with Crippen LogP contribution in [0.5, 0.6) is 0 Å². The van der Waals surface area contributed by atoms with Gasteiger partial charge in [-0.3, -0.25) is 14.3 Å². The number of nitrogens with zero attached hydrogens (tertiary/aromatic N) is 2. The summed E-state index contributed by atoms with van der Waals surface area (Å²) in [6, 6.07) is 14.7. The highest BCUT2D eigenvalue weighted by atomic mass is 16.5. The first-order valence-corrected chi connectivity index (χ1v) is 9.02. The van der Waals surface area contributed by atoms with E-state index in [0.29, 0.717) is 22.6 Å². The summed E-state index contributed by atoms with van der Waals surface area (Å²) in [5, 5.41) is 6.53. The van der Waals surface area contributed by atoms with E-state index < -0.39 is 5.76 Å². The molecule has 1 aromatic heterocycles. The Hall–Kier alpha value is -3.35. The summed E-state index contributed by atoms with van der Waals surface area (Å²) in [6.45, 7) is 2.14. The summed E-state index contributed by atoms with van der Waals surface area (Å²) in [5.74, 6) is -0.485. The Morgan fingerprint density at radius 1 is 1.07 bits per heavy atom. The first kappa shape index (κ1) is 17.1. The van der Waals surface area contributed by atoms with Crippen molar-refractivity contribution in [3.63, 3.8) is 0 Å². The molecule has 2 aromatic carbocycles. The number of anilines is 2. The summed E-state index contributed by atoms with van der Waals surface area (Å²) in [4.78, 5) is 28.5. The third-order valence-corrected chi connectivity index (χ3v) is 4.68. The lowest BCUT2D eigenvalue weighted by atomic mass is 10.1. The minimum absolute atomic E-state index is 0.189. The predicted molar refractivity (Wildman–Crippen MR) is 103 cm³/mol. The molecule has 2 N–H and O–H groups in total. The fraction of sp³-hybridized carbons (Fsp3) is 0.250. The minimum atomic E-state index is -0.617. The number of aromatic nitrogens is 2. The van der Waals surface area contributed by atoms with Gasteiger partial charge in [-0.2, -0.15) is 0 Å². The number of H-pyrrole nitrogens is 1. The number of nitrogens with one attached hydrogen (secondary N) is 2. The number of carbonyl (C=O) groups is 1. The second-order valence-electron chi connectivity index (χ2n) is 6.57. The summed E-state index contributed by atoms with van der Waals surface area (Å²) < 4.78 is 4.52. The number of amides is 1. The molecule has 7 nitrogen and oxygen atoms in total. The van der Waals surface area contributed by atoms with Crippen LogP contribution in [0, 0.1) is 0 Å². The largest absolute Gasteiger partial charge is 0.439 e. The number of rotatable bonds is 4. The van der Waals surface area contributed by atoms with Crippen LogP contribution in [0.25, 0.3) is 11.4 Å². The summed E-state index contributed by atoms with van der Waals surface area (Å²) in [6.07, 6.45) is 3.73. The normalized spacial score (nSPS) is 14.1. The van der Waals surface area contributed by atoms with Crippen LogP contribution in [0.15, 0.2) is 57.8 Å². The monoisotopic (exact) mass is 364 g/mol. The van der Waals surface area contributed by atoms with Gasteiger partial charge in [0.05, 0.1) is 0 Å². The van der Waals surface area contributed by atoms with Crippen molar-refractivity contribution in [1.82, 2.24) is 10.1 Å². The third-order valence-electron chi connectivity index (χ3n) is 4.68. The lowest BCUT2D eigenvalue weighted by Gasteiger charge is -2.28. The lowest BCUT2D eigenvalue weighted by Crippen LogP contribution is -2.29. The zero-order valence-electron chi connectivity index (χ0n) is 14.8. The van der Waals surface area contributed by atoms with Gasteiger partial charge in [0.2, 0.25) is 0 Å². The number of hydrogen-bond acceptors (Lipinski definition) is 5. The van der Waals surface area contributed by atoms with E-state index in [9.17, 15) is 9.59 Å². The van der Waals surface area contributed by atoms with E-state index in [1.54, 1.807) is 24.3 Å². The lowest BCUT2D eigenvalue weighted by molar-refractivity contribution is 0.102. The molecule has 0 radical (unpaired) electrons. The topological polar surface area (TPSA) is 91.2 Å². The van der Waals surface area contributed by atoms with Gasteiger partial charge in [-0.05, 0) is 55.7 Å². The Kier molecular flexibility index (Phi) is 4.74. The molecule has 2 heterocycles. The second kappa shape index (κ2) is 7.49. The molecule has 0 unspecified atom stereocenters. The third kappa shape index (κ3) is 3.92. The number of benzene rings is 2. The van der Waals surface area contributed by atoms with Crippen molar-refractivity contribution in [2.24, 2.45) is 0 Å². The fourth-order valence-electron chi connectivity index (χ4n) is 3.28. The SMILES string of the molecule is O=C(Nc1cccc(-c2noc(=O)[nH]2)c1)c1ccc(N2CCCCC2)cc1. The predicted octanol–water partition coefficient (Wildman–Crippen LogP) is 3.27. The first-order chi connectivity index (χ1) is 13.2. The van der Waals surface area contributed by atoms with Crippen molar-refractivity contribution in [3.8, 4) is 11.4 Å². The molecule has 27 heavy (non-hydrogen) atoms. The van der Waals surface area contributed by atoms with Crippen LogP contribution in [0.2, 0.25) is 0 Å². The molecule has 1 amide bonds. The molecule has 7 heteroatoms. The van der Waals surface area contributed by atoms with Gasteiger partial charge in [-0.1, -0.05) is 17.3 Å². The summed E-state index contributed by atoms with van der Waals surface area (Å²) >= 11 is 0. The molecule has 1 aliphatic rings. The highest BCUT2D eigenvalue weighted by molar-refractivity contribution is 6.04. The molecule has 0 bridgehead atoms. The van der Waals surface area contributed by atoms with Gasteiger partial charge in [0, 0.05) is 35.6 Å². The van der Waals surface area contributed by atoms with E-state index in [0.717, 1.165) is 18.8 Å². The van der Waals surface area contributed by atoms with Gasteiger partial charge in [0.1, 0.15) is 0 Å². The smallest absolute Gasteiger partial charge is 0.372 e. The number of carbonyl (C=O) groups excluding carboxylic acids is 1. The molecule has 3 aromatic rings. The maximum Gasteiger partial charge on any atom is 0.439 e. The Morgan fingerprint density at radius 3 is 2.56 bits per heavy atom. The van der Waals surface area contributed by atoms with Gasteiger partial charge in [-0.25, -0.2) is 4.79 Å². The van der Waals surface area contributed by atoms with Crippen LogP contribution in [0.4, 0.5) is 11.4 Å². The molecular weight excluding hydrogens is 344 g/mol. The Morgan fingerprint density at radius 2 is 1.85 bits per heavy atom. The van der Waals surface area contributed by atoms with Crippen LogP contribution in [-0.4, -0.2) is 29.1 Å². The van der Waals surface area contributed by atoms with E-state index in [-0.39, 0.29) is 5.91 Å². The molecule has 0 atom stereocenters. The van der Waals surface area contributed by atoms with E-state index in [2.05, 4.69) is 24.9 Å². The van der Waals surface area contributed by atoms with Crippen molar-refractivity contribution >= 4 is 17.3 Å². The van der Waals surface area contributed by atoms with Crippen molar-refractivity contribution < 1.29 is 9.32 Å². The Labute approximate surface area is 156 Å². The van der Waals surface area contributed by atoms with E-state index in [4.69, 9.17) is 0 Å². The van der Waals surface area contributed by atoms with Gasteiger partial charge in [-0.15, -0.1) is 0 Å². The molecule has 1 fully saturated rings. The molecule has 1 saturated heterocycles. The summed E-state index contributed by atoms with van der Waals surface area (Å²) in [5.41, 5.74) is 3.01. The Bertz CT molecular complexity index is 985. The summed E-state index contributed by atoms with van der Waals surface area (Å²) in [7, 11) is 0. The Balaban J connectivity index is 1.46. The van der Waals surface area contributed by atoms with Crippen LogP contribution < -0.4 is 16.0 Å². The first-order valence-electron chi connectivity index (χ1n) is 9.02. The van der Waals surface area contributed by atoms with Gasteiger partial charge >= 0.3 is 5.76 Å². The van der Waals surface area contributed by atoms with Gasteiger partial charge < -0.3 is 10.2 Å². The van der Waals surface area contributed by atoms with Crippen LogP contribution in [0.3, 0.4) is 0 Å². The minimum Gasteiger partial charge on any atom is -0.372 e. The maximum atomic E-state index is 12.5. The number of hydrogen-bond donors (Lipinski definition) is 2. The van der Waals surface area contributed by atoms with Crippen LogP contribution in [0.1, 0.15) is 29.6 Å². The molecule has 0 aliphatic carbocycles. The standard InChI is InChI=1S/C20H20N4O3/c25-19(14-7-9-17(10-8-14)24-11-2-1-3-12-24)21-16-6-4-5-15(13-16)18-22-20(26)27-23-18/h4-10,13H,1-3,11-12H2,(H,21,25)(H,22,23,26). The average Bonchev–Trinajstić information content (AvgIpc) is 3.15. The van der Waals surface area contributed by atoms with Crippen molar-refractivity contribution in [3.05, 3.63) is 64.6 Å². The molecule has 0 saturated carbocycles. The molecule has 138 valence electrons. The highest BCUT2D eigenvalue weighted by Crippen LogP contribution is 2.22. The van der Waals surface area contributed by atoms with Crippen LogP contribution >= 0.6 is 0 Å². The second-order valence-corrected chi connectivity index (χ2v) is 6.57. The van der Waals surface area contributed by atoms with Crippen molar-refractivity contribution in [1.29, 1.82) is 0 Å². The van der Waals surface area contributed by atoms with Crippen molar-refractivity contribution in [2.45, 2.75) is 19.3 Å². The van der Waals surface area contributed by atoms with Gasteiger partial charge in [0.15, 0.2) is 5.82 Å². The van der Waals surface area contributed by atoms with E-state index >= 15 is 0 Å². The maximum absolute atomic E-state index is 12.5. The number of aromatic amines is 1. The fourth-order valence-corrected chi connectivity index (χ4v) is 3.28. The number of piperidine rings is 1. The van der Waals surface area contributed by atoms with Gasteiger partial charge in [0.25, 0.3) is 5.91 Å². The molecule has 4 rings (SSSR count). The highest BCUT2D eigenvalue weighted by Gasteiger charge is 2.12. The van der Waals surface area contributed by atoms with E-state index in [1.807, 2.05) is 24.3 Å². The molecular formula is C20H20N4O3. The van der Waals surface area contributed by atoms with Crippen LogP contribution in [-0.2, 0) is 0 Å². The average molecular weight is 364 g/mol. The zero-order valence-corrected chi connectivity index (χ0v) is 14.8. The van der Waals surface area contributed by atoms with Crippen molar-refractivity contribution in [2.75, 3.05) is 23.3 Å². The molecule has 1 aliphatic heterocycles. The zero-order chi connectivity index (χ0) is 18.6. The van der Waals surface area contributed by atoms with E-state index in [1.165, 1.54) is 19.3 Å². The molecule has 0 spiro atoms. The quantitative estimate of drug-likeness (QED) is 0.741.